The number of ether oxygens (including phenoxy) is 1. The molecular formula is C16H27N5O2. The Morgan fingerprint density at radius 3 is 2.70 bits per heavy atom. The molecule has 0 aliphatic heterocycles. The van der Waals surface area contributed by atoms with E-state index in [2.05, 4.69) is 40.7 Å². The van der Waals surface area contributed by atoms with E-state index >= 15 is 0 Å². The van der Waals surface area contributed by atoms with Crippen LogP contribution in [0.25, 0.3) is 0 Å². The van der Waals surface area contributed by atoms with Gasteiger partial charge in [-0.3, -0.25) is 10.4 Å². The number of carbonyl (C=O) groups is 1. The van der Waals surface area contributed by atoms with Crippen LogP contribution in [0.2, 0.25) is 0 Å². The summed E-state index contributed by atoms with van der Waals surface area (Å²) in [5.41, 5.74) is 0.345. The van der Waals surface area contributed by atoms with Crippen LogP contribution in [0.1, 0.15) is 53.0 Å². The Labute approximate surface area is 137 Å². The fourth-order valence-corrected chi connectivity index (χ4v) is 1.98. The molecule has 0 saturated carbocycles. The fraction of sp³-hybridized carbons (Fsp3) is 0.688. The van der Waals surface area contributed by atoms with E-state index in [-0.39, 0.29) is 5.41 Å². The zero-order valence-corrected chi connectivity index (χ0v) is 14.6. The molecule has 0 saturated heterocycles. The van der Waals surface area contributed by atoms with E-state index in [0.29, 0.717) is 18.8 Å². The molecule has 1 aromatic heterocycles. The van der Waals surface area contributed by atoms with Gasteiger partial charge in [-0.1, -0.05) is 13.8 Å². The van der Waals surface area contributed by atoms with Crippen molar-refractivity contribution in [2.75, 3.05) is 11.9 Å². The molecule has 0 radical (unpaired) electrons. The lowest BCUT2D eigenvalue weighted by Gasteiger charge is -2.24. The van der Waals surface area contributed by atoms with E-state index < -0.39 is 11.7 Å². The Hall–Kier alpha value is -2.07. The zero-order valence-electron chi connectivity index (χ0n) is 14.6. The van der Waals surface area contributed by atoms with E-state index in [0.717, 1.165) is 18.5 Å². The highest BCUT2D eigenvalue weighted by molar-refractivity contribution is 5.84. The van der Waals surface area contributed by atoms with Crippen LogP contribution >= 0.6 is 0 Å². The number of anilines is 1. The Morgan fingerprint density at radius 2 is 2.09 bits per heavy atom. The summed E-state index contributed by atoms with van der Waals surface area (Å²) in [7, 11) is 0. The predicted molar refractivity (Wildman–Crippen MR) is 88.8 cm³/mol. The van der Waals surface area contributed by atoms with Gasteiger partial charge in [0.1, 0.15) is 11.4 Å². The van der Waals surface area contributed by atoms with E-state index in [9.17, 15) is 4.79 Å². The molecule has 0 spiro atoms. The van der Waals surface area contributed by atoms with Crippen LogP contribution in [0.15, 0.2) is 6.20 Å². The number of nitrogens with zero attached hydrogens (tertiary/aromatic N) is 2. The second-order valence-electron chi connectivity index (χ2n) is 7.32. The molecule has 3 N–H and O–H groups in total. The lowest BCUT2D eigenvalue weighted by Crippen LogP contribution is -2.30. The monoisotopic (exact) mass is 321 g/mol. The van der Waals surface area contributed by atoms with Crippen molar-refractivity contribution in [2.45, 2.75) is 59.6 Å². The molecule has 0 atom stereocenters. The van der Waals surface area contributed by atoms with Crippen molar-refractivity contribution >= 4 is 11.9 Å². The predicted octanol–water partition coefficient (Wildman–Crippen LogP) is 3.18. The highest BCUT2D eigenvalue weighted by atomic mass is 16.6. The minimum atomic E-state index is -0.548. The number of carbonyl (C=O) groups excluding carboxylic acids is 1. The first-order chi connectivity index (χ1) is 10.6. The summed E-state index contributed by atoms with van der Waals surface area (Å²) in [5, 5.41) is 21.4. The smallest absolute Gasteiger partial charge is 0.413 e. The van der Waals surface area contributed by atoms with E-state index in [1.807, 2.05) is 20.8 Å². The lowest BCUT2D eigenvalue weighted by molar-refractivity contribution is 0.0635. The molecule has 0 aromatic carbocycles. The average Bonchev–Trinajstić information content (AvgIpc) is 2.81. The Bertz CT molecular complexity index is 552. The maximum absolute atomic E-state index is 11.8. The highest BCUT2D eigenvalue weighted by Crippen LogP contribution is 2.21. The average molecular weight is 321 g/mol. The van der Waals surface area contributed by atoms with Crippen LogP contribution in [0.4, 0.5) is 10.6 Å². The normalized spacial score (nSPS) is 11.8. The number of rotatable bonds is 7. The number of H-pyrrole nitrogens is 1. The molecule has 1 aromatic rings. The molecule has 0 aliphatic rings. The Kier molecular flexibility index (Phi) is 6.58. The Morgan fingerprint density at radius 1 is 1.39 bits per heavy atom. The van der Waals surface area contributed by atoms with Crippen molar-refractivity contribution in [3.8, 4) is 6.07 Å². The molecular weight excluding hydrogens is 294 g/mol. The van der Waals surface area contributed by atoms with Gasteiger partial charge in [0.25, 0.3) is 0 Å². The highest BCUT2D eigenvalue weighted by Gasteiger charge is 2.19. The number of nitriles is 1. The number of amides is 1. The molecule has 1 amide bonds. The van der Waals surface area contributed by atoms with Crippen molar-refractivity contribution in [3.05, 3.63) is 11.8 Å². The summed E-state index contributed by atoms with van der Waals surface area (Å²) < 4.78 is 5.22. The topological polar surface area (TPSA) is 103 Å². The van der Waals surface area contributed by atoms with Crippen LogP contribution in [-0.4, -0.2) is 28.4 Å². The van der Waals surface area contributed by atoms with Gasteiger partial charge in [0.2, 0.25) is 0 Å². The molecule has 0 bridgehead atoms. The van der Waals surface area contributed by atoms with Crippen molar-refractivity contribution in [1.29, 1.82) is 5.26 Å². The largest absolute Gasteiger partial charge is 0.444 e. The molecule has 23 heavy (non-hydrogen) atoms. The summed E-state index contributed by atoms with van der Waals surface area (Å²) in [6, 6.07) is 2.17. The maximum Gasteiger partial charge on any atom is 0.413 e. The molecule has 7 heteroatoms. The van der Waals surface area contributed by atoms with Crippen LogP contribution in [-0.2, 0) is 11.3 Å². The van der Waals surface area contributed by atoms with Crippen LogP contribution < -0.4 is 10.6 Å². The summed E-state index contributed by atoms with van der Waals surface area (Å²) in [6.45, 7) is 11.0. The number of hydrogen-bond donors (Lipinski definition) is 3. The Balaban J connectivity index is 2.50. The number of aromatic amines is 1. The van der Waals surface area contributed by atoms with Gasteiger partial charge in [-0.2, -0.15) is 10.4 Å². The van der Waals surface area contributed by atoms with Crippen molar-refractivity contribution in [1.82, 2.24) is 15.5 Å². The molecule has 0 unspecified atom stereocenters. The summed E-state index contributed by atoms with van der Waals surface area (Å²) in [6.07, 6.45) is 2.54. The third-order valence-corrected chi connectivity index (χ3v) is 3.18. The first-order valence-corrected chi connectivity index (χ1v) is 7.73. The van der Waals surface area contributed by atoms with Gasteiger partial charge in [-0.15, -0.1) is 0 Å². The van der Waals surface area contributed by atoms with Gasteiger partial charge in [0.05, 0.1) is 12.3 Å². The number of hydrogen-bond acceptors (Lipinski definition) is 5. The van der Waals surface area contributed by atoms with Gasteiger partial charge >= 0.3 is 6.09 Å². The first-order valence-electron chi connectivity index (χ1n) is 7.73. The van der Waals surface area contributed by atoms with Crippen molar-refractivity contribution in [2.24, 2.45) is 5.41 Å². The molecule has 0 fully saturated rings. The second kappa shape index (κ2) is 7.97. The SMILES string of the molecule is CC(C)(CCC#N)CNCc1cn[nH]c1NC(=O)OC(C)(C)C. The minimum absolute atomic E-state index is 0.0399. The van der Waals surface area contributed by atoms with E-state index in [1.165, 1.54) is 0 Å². The van der Waals surface area contributed by atoms with Gasteiger partial charge in [-0.05, 0) is 32.6 Å². The summed E-state index contributed by atoms with van der Waals surface area (Å²) >= 11 is 0. The minimum Gasteiger partial charge on any atom is -0.444 e. The summed E-state index contributed by atoms with van der Waals surface area (Å²) in [5.74, 6) is 0.529. The standard InChI is InChI=1S/C16H27N5O2/c1-15(2,3)23-14(22)20-13-12(10-19-21-13)9-18-11-16(4,5)7-6-8-17/h10,18H,6-7,9,11H2,1-5H3,(H2,19,20,21,22). The summed E-state index contributed by atoms with van der Waals surface area (Å²) in [4.78, 5) is 11.8. The molecule has 1 rings (SSSR count). The van der Waals surface area contributed by atoms with Crippen LogP contribution in [0.5, 0.6) is 0 Å². The molecule has 128 valence electrons. The molecule has 0 aliphatic carbocycles. The van der Waals surface area contributed by atoms with Crippen LogP contribution in [0.3, 0.4) is 0 Å². The van der Waals surface area contributed by atoms with Crippen LogP contribution in [0, 0.1) is 16.7 Å². The molecule has 1 heterocycles. The number of aromatic nitrogens is 2. The van der Waals surface area contributed by atoms with Gasteiger partial charge in [-0.25, -0.2) is 4.79 Å². The quantitative estimate of drug-likeness (QED) is 0.715. The lowest BCUT2D eigenvalue weighted by atomic mass is 9.88. The van der Waals surface area contributed by atoms with Gasteiger partial charge in [0.15, 0.2) is 0 Å². The third kappa shape index (κ3) is 7.66. The van der Waals surface area contributed by atoms with Crippen molar-refractivity contribution in [3.63, 3.8) is 0 Å². The first kappa shape index (κ1) is 19.0. The van der Waals surface area contributed by atoms with E-state index in [4.69, 9.17) is 10.00 Å². The van der Waals surface area contributed by atoms with E-state index in [1.54, 1.807) is 6.20 Å². The maximum atomic E-state index is 11.8. The van der Waals surface area contributed by atoms with Crippen molar-refractivity contribution < 1.29 is 9.53 Å². The fourth-order valence-electron chi connectivity index (χ4n) is 1.98. The zero-order chi connectivity index (χ0) is 17.5. The third-order valence-electron chi connectivity index (χ3n) is 3.18. The van der Waals surface area contributed by atoms with Gasteiger partial charge in [0, 0.05) is 25.1 Å². The molecule has 7 nitrogen and oxygen atoms in total. The number of nitrogens with one attached hydrogen (secondary N) is 3. The second-order valence-corrected chi connectivity index (χ2v) is 7.32. The van der Waals surface area contributed by atoms with Gasteiger partial charge < -0.3 is 10.1 Å².